The molecular formula is C15H17BrClN3. The molecule has 0 spiro atoms. The third-order valence-electron chi connectivity index (χ3n) is 3.16. The number of nitrogens with two attached hydrogens (primary N) is 1. The van der Waals surface area contributed by atoms with Crippen LogP contribution in [0.5, 0.6) is 0 Å². The number of benzene rings is 1. The van der Waals surface area contributed by atoms with Gasteiger partial charge in [0.2, 0.25) is 0 Å². The van der Waals surface area contributed by atoms with E-state index in [1.165, 1.54) is 5.56 Å². The standard InChI is InChI=1S/C15H17BrClN3/c1-2-20-15(8-11-9-19-6-5-14(11)18)10-3-4-13(17)12(16)7-10/h3-7,9,15,20H,2,8H2,1H3,(H2,18,19). The van der Waals surface area contributed by atoms with E-state index in [2.05, 4.69) is 33.2 Å². The molecule has 20 heavy (non-hydrogen) atoms. The van der Waals surface area contributed by atoms with Crippen LogP contribution in [0.4, 0.5) is 5.69 Å². The Morgan fingerprint density at radius 3 is 2.85 bits per heavy atom. The molecule has 1 aromatic heterocycles. The predicted octanol–water partition coefficient (Wildman–Crippen LogP) is 3.97. The molecule has 1 unspecified atom stereocenters. The Balaban J connectivity index is 2.27. The summed E-state index contributed by atoms with van der Waals surface area (Å²) < 4.78 is 0.902. The maximum atomic E-state index is 6.05. The van der Waals surface area contributed by atoms with Gasteiger partial charge < -0.3 is 11.1 Å². The predicted molar refractivity (Wildman–Crippen MR) is 87.9 cm³/mol. The Bertz CT molecular complexity index is 589. The molecule has 106 valence electrons. The Morgan fingerprint density at radius 2 is 2.20 bits per heavy atom. The van der Waals surface area contributed by atoms with Crippen LogP contribution in [0.25, 0.3) is 0 Å². The number of hydrogen-bond donors (Lipinski definition) is 2. The third-order valence-corrected chi connectivity index (χ3v) is 4.38. The number of aromatic nitrogens is 1. The van der Waals surface area contributed by atoms with Crippen molar-refractivity contribution in [3.8, 4) is 0 Å². The highest BCUT2D eigenvalue weighted by Crippen LogP contribution is 2.28. The van der Waals surface area contributed by atoms with Crippen LogP contribution < -0.4 is 11.1 Å². The largest absolute Gasteiger partial charge is 0.398 e. The van der Waals surface area contributed by atoms with Crippen molar-refractivity contribution in [1.82, 2.24) is 10.3 Å². The highest BCUT2D eigenvalue weighted by molar-refractivity contribution is 9.10. The average molecular weight is 355 g/mol. The van der Waals surface area contributed by atoms with Crippen LogP contribution in [-0.2, 0) is 6.42 Å². The van der Waals surface area contributed by atoms with Crippen molar-refractivity contribution in [3.05, 3.63) is 57.3 Å². The fraction of sp³-hybridized carbons (Fsp3) is 0.267. The average Bonchev–Trinajstić information content (AvgIpc) is 2.44. The summed E-state index contributed by atoms with van der Waals surface area (Å²) in [5.74, 6) is 0. The molecule has 3 N–H and O–H groups in total. The Kier molecular flexibility index (Phi) is 5.40. The summed E-state index contributed by atoms with van der Waals surface area (Å²) in [6.45, 7) is 2.97. The molecule has 1 aromatic carbocycles. The van der Waals surface area contributed by atoms with Crippen molar-refractivity contribution >= 4 is 33.2 Å². The lowest BCUT2D eigenvalue weighted by molar-refractivity contribution is 0.549. The van der Waals surface area contributed by atoms with Crippen LogP contribution in [0.1, 0.15) is 24.1 Å². The minimum atomic E-state index is 0.181. The summed E-state index contributed by atoms with van der Waals surface area (Å²) in [6.07, 6.45) is 4.33. The quantitative estimate of drug-likeness (QED) is 0.854. The molecule has 2 aromatic rings. The fourth-order valence-electron chi connectivity index (χ4n) is 2.11. The highest BCUT2D eigenvalue weighted by atomic mass is 79.9. The molecule has 0 radical (unpaired) electrons. The number of nitrogens with one attached hydrogen (secondary N) is 1. The molecule has 1 atom stereocenters. The van der Waals surface area contributed by atoms with Gasteiger partial charge in [-0.2, -0.15) is 0 Å². The zero-order valence-electron chi connectivity index (χ0n) is 11.2. The number of anilines is 1. The molecule has 0 amide bonds. The van der Waals surface area contributed by atoms with Gasteiger partial charge in [-0.1, -0.05) is 24.6 Å². The van der Waals surface area contributed by atoms with Crippen LogP contribution in [0.2, 0.25) is 5.02 Å². The minimum absolute atomic E-state index is 0.181. The van der Waals surface area contributed by atoms with Crippen LogP contribution in [0.3, 0.4) is 0 Å². The summed E-state index contributed by atoms with van der Waals surface area (Å²) in [5, 5.41) is 4.19. The summed E-state index contributed by atoms with van der Waals surface area (Å²) >= 11 is 9.52. The van der Waals surface area contributed by atoms with Crippen molar-refractivity contribution in [2.24, 2.45) is 0 Å². The maximum absolute atomic E-state index is 6.05. The van der Waals surface area contributed by atoms with E-state index >= 15 is 0 Å². The molecule has 0 bridgehead atoms. The van der Waals surface area contributed by atoms with Gasteiger partial charge in [0.05, 0.1) is 5.02 Å². The zero-order valence-corrected chi connectivity index (χ0v) is 13.6. The topological polar surface area (TPSA) is 50.9 Å². The van der Waals surface area contributed by atoms with Gasteiger partial charge in [-0.3, -0.25) is 4.98 Å². The van der Waals surface area contributed by atoms with Gasteiger partial charge in [0.15, 0.2) is 0 Å². The van der Waals surface area contributed by atoms with Gasteiger partial charge in [0.1, 0.15) is 0 Å². The maximum Gasteiger partial charge on any atom is 0.0548 e. The van der Waals surface area contributed by atoms with Crippen molar-refractivity contribution in [1.29, 1.82) is 0 Å². The molecule has 0 aliphatic rings. The van der Waals surface area contributed by atoms with E-state index in [-0.39, 0.29) is 6.04 Å². The van der Waals surface area contributed by atoms with E-state index < -0.39 is 0 Å². The number of nitrogens with zero attached hydrogens (tertiary/aromatic N) is 1. The van der Waals surface area contributed by atoms with Gasteiger partial charge in [0.25, 0.3) is 0 Å². The second-order valence-electron chi connectivity index (χ2n) is 4.56. The molecule has 0 aliphatic carbocycles. The summed E-state index contributed by atoms with van der Waals surface area (Å²) in [6, 6.07) is 7.99. The van der Waals surface area contributed by atoms with Crippen LogP contribution >= 0.6 is 27.5 Å². The number of rotatable bonds is 5. The first-order valence-corrected chi connectivity index (χ1v) is 7.65. The molecule has 0 fully saturated rings. The first-order valence-electron chi connectivity index (χ1n) is 6.48. The number of likely N-dealkylation sites (N-methyl/N-ethyl adjacent to an activating group) is 1. The van der Waals surface area contributed by atoms with Crippen molar-refractivity contribution in [3.63, 3.8) is 0 Å². The first kappa shape index (κ1) is 15.3. The number of nitrogen functional groups attached to an aromatic ring is 1. The summed E-state index contributed by atoms with van der Waals surface area (Å²) in [5.41, 5.74) is 8.99. The number of halogens is 2. The minimum Gasteiger partial charge on any atom is -0.398 e. The van der Waals surface area contributed by atoms with Gasteiger partial charge in [-0.05, 0) is 58.2 Å². The molecule has 3 nitrogen and oxygen atoms in total. The second kappa shape index (κ2) is 7.07. The van der Waals surface area contributed by atoms with Crippen molar-refractivity contribution in [2.75, 3.05) is 12.3 Å². The lowest BCUT2D eigenvalue weighted by Crippen LogP contribution is -2.23. The van der Waals surface area contributed by atoms with E-state index in [9.17, 15) is 0 Å². The van der Waals surface area contributed by atoms with E-state index in [1.807, 2.05) is 30.5 Å². The van der Waals surface area contributed by atoms with Gasteiger partial charge in [-0.15, -0.1) is 0 Å². The molecule has 1 heterocycles. The first-order chi connectivity index (χ1) is 9.61. The van der Waals surface area contributed by atoms with Crippen LogP contribution in [0, 0.1) is 0 Å². The lowest BCUT2D eigenvalue weighted by Gasteiger charge is -2.19. The number of hydrogen-bond acceptors (Lipinski definition) is 3. The lowest BCUT2D eigenvalue weighted by atomic mass is 9.99. The SMILES string of the molecule is CCNC(Cc1cnccc1N)c1ccc(Cl)c(Br)c1. The summed E-state index contributed by atoms with van der Waals surface area (Å²) in [7, 11) is 0. The van der Waals surface area contributed by atoms with E-state index in [0.29, 0.717) is 5.02 Å². The third kappa shape index (κ3) is 3.72. The second-order valence-corrected chi connectivity index (χ2v) is 5.82. The zero-order chi connectivity index (χ0) is 14.5. The van der Waals surface area contributed by atoms with Crippen LogP contribution in [0.15, 0.2) is 41.1 Å². The molecule has 0 saturated heterocycles. The molecule has 0 saturated carbocycles. The molecular weight excluding hydrogens is 338 g/mol. The van der Waals surface area contributed by atoms with E-state index in [0.717, 1.165) is 28.7 Å². The molecule has 0 aliphatic heterocycles. The number of pyridine rings is 1. The van der Waals surface area contributed by atoms with Gasteiger partial charge >= 0.3 is 0 Å². The van der Waals surface area contributed by atoms with Gasteiger partial charge in [-0.25, -0.2) is 0 Å². The Morgan fingerprint density at radius 1 is 1.40 bits per heavy atom. The Labute approximate surface area is 132 Å². The normalized spacial score (nSPS) is 12.3. The highest BCUT2D eigenvalue weighted by Gasteiger charge is 2.14. The Hall–Kier alpha value is -1.10. The van der Waals surface area contributed by atoms with E-state index in [1.54, 1.807) is 6.20 Å². The van der Waals surface area contributed by atoms with Crippen LogP contribution in [-0.4, -0.2) is 11.5 Å². The van der Waals surface area contributed by atoms with Crippen molar-refractivity contribution in [2.45, 2.75) is 19.4 Å². The smallest absolute Gasteiger partial charge is 0.0548 e. The molecule has 2 rings (SSSR count). The fourth-order valence-corrected chi connectivity index (χ4v) is 2.63. The van der Waals surface area contributed by atoms with Gasteiger partial charge in [0, 0.05) is 28.6 Å². The van der Waals surface area contributed by atoms with E-state index in [4.69, 9.17) is 17.3 Å². The molecule has 5 heteroatoms. The monoisotopic (exact) mass is 353 g/mol. The summed E-state index contributed by atoms with van der Waals surface area (Å²) in [4.78, 5) is 4.15. The van der Waals surface area contributed by atoms with Crippen molar-refractivity contribution < 1.29 is 0 Å².